The van der Waals surface area contributed by atoms with Crippen molar-refractivity contribution in [3.8, 4) is 10.6 Å². The van der Waals surface area contributed by atoms with Gasteiger partial charge in [0.2, 0.25) is 0 Å². The van der Waals surface area contributed by atoms with Crippen molar-refractivity contribution in [1.29, 1.82) is 0 Å². The molecule has 0 unspecified atom stereocenters. The summed E-state index contributed by atoms with van der Waals surface area (Å²) in [5, 5.41) is 2.99. The molecule has 0 saturated carbocycles. The number of hydroxylamine groups is 1. The van der Waals surface area contributed by atoms with Crippen LogP contribution in [0.2, 0.25) is 5.02 Å². The highest BCUT2D eigenvalue weighted by Crippen LogP contribution is 2.30. The lowest BCUT2D eigenvalue weighted by atomic mass is 10.2. The van der Waals surface area contributed by atoms with Gasteiger partial charge in [-0.15, -0.1) is 11.3 Å². The molecule has 0 bridgehead atoms. The van der Waals surface area contributed by atoms with Crippen LogP contribution >= 0.6 is 22.9 Å². The first-order valence-electron chi connectivity index (χ1n) is 7.02. The molecule has 5 nitrogen and oxygen atoms in total. The number of amides is 1. The first-order valence-corrected chi connectivity index (χ1v) is 8.28. The Morgan fingerprint density at radius 2 is 2.27 bits per heavy atom. The number of hydrogen-bond donors (Lipinski definition) is 1. The fraction of sp³-hybridized carbons (Fsp3) is 0.333. The van der Waals surface area contributed by atoms with Gasteiger partial charge in [0.05, 0.1) is 5.02 Å². The normalized spacial score (nSPS) is 18.1. The van der Waals surface area contributed by atoms with Gasteiger partial charge in [-0.3, -0.25) is 4.79 Å². The molecule has 0 radical (unpaired) electrons. The lowest BCUT2D eigenvalue weighted by Gasteiger charge is -2.21. The molecule has 1 N–H and O–H groups in total. The van der Waals surface area contributed by atoms with E-state index in [2.05, 4.69) is 10.5 Å². The number of carbonyl (C=O) groups is 1. The lowest BCUT2D eigenvalue weighted by Crippen LogP contribution is -2.33. The zero-order valence-electron chi connectivity index (χ0n) is 11.8. The highest BCUT2D eigenvalue weighted by Gasteiger charge is 2.18. The number of ether oxygens (including phenoxy) is 1. The van der Waals surface area contributed by atoms with Crippen LogP contribution in [0.25, 0.3) is 10.6 Å². The molecule has 1 amide bonds. The molecule has 2 heterocycles. The Hall–Kier alpha value is -1.47. The maximum Gasteiger partial charge on any atom is 0.294 e. The van der Waals surface area contributed by atoms with Gasteiger partial charge in [-0.25, -0.2) is 15.3 Å². The van der Waals surface area contributed by atoms with Crippen molar-refractivity contribution in [2.24, 2.45) is 0 Å². The summed E-state index contributed by atoms with van der Waals surface area (Å²) in [6.45, 7) is 0.661. The zero-order chi connectivity index (χ0) is 15.4. The molecular formula is C15H15ClN2O3S. The molecule has 1 aromatic heterocycles. The minimum Gasteiger partial charge on any atom is -0.350 e. The van der Waals surface area contributed by atoms with Gasteiger partial charge < -0.3 is 4.74 Å². The molecule has 22 heavy (non-hydrogen) atoms. The summed E-state index contributed by atoms with van der Waals surface area (Å²) in [4.78, 5) is 21.6. The smallest absolute Gasteiger partial charge is 0.294 e. The number of halogens is 1. The molecule has 1 aliphatic heterocycles. The number of thiazole rings is 1. The second-order valence-electron chi connectivity index (χ2n) is 4.86. The van der Waals surface area contributed by atoms with Crippen LogP contribution in [-0.2, 0) is 9.57 Å². The van der Waals surface area contributed by atoms with E-state index in [4.69, 9.17) is 21.2 Å². The molecule has 1 fully saturated rings. The van der Waals surface area contributed by atoms with E-state index in [9.17, 15) is 4.79 Å². The Morgan fingerprint density at radius 3 is 3.05 bits per heavy atom. The van der Waals surface area contributed by atoms with E-state index in [-0.39, 0.29) is 12.2 Å². The van der Waals surface area contributed by atoms with Crippen LogP contribution in [0, 0.1) is 0 Å². The van der Waals surface area contributed by atoms with Gasteiger partial charge in [0.15, 0.2) is 6.29 Å². The Morgan fingerprint density at radius 1 is 1.41 bits per heavy atom. The Labute approximate surface area is 137 Å². The third kappa shape index (κ3) is 3.64. The molecule has 0 spiro atoms. The molecule has 116 valence electrons. The lowest BCUT2D eigenvalue weighted by molar-refractivity contribution is -0.186. The number of hydrogen-bond acceptors (Lipinski definition) is 5. The fourth-order valence-electron chi connectivity index (χ4n) is 2.11. The van der Waals surface area contributed by atoms with Gasteiger partial charge in [-0.1, -0.05) is 29.8 Å². The minimum atomic E-state index is -0.385. The van der Waals surface area contributed by atoms with E-state index < -0.39 is 0 Å². The van der Waals surface area contributed by atoms with Gasteiger partial charge >= 0.3 is 0 Å². The third-order valence-electron chi connectivity index (χ3n) is 3.26. The summed E-state index contributed by atoms with van der Waals surface area (Å²) in [6, 6.07) is 7.40. The van der Waals surface area contributed by atoms with Gasteiger partial charge in [-0.05, 0) is 18.9 Å². The summed E-state index contributed by atoms with van der Waals surface area (Å²) < 4.78 is 5.38. The van der Waals surface area contributed by atoms with Crippen LogP contribution in [0.5, 0.6) is 0 Å². The highest BCUT2D eigenvalue weighted by atomic mass is 35.5. The van der Waals surface area contributed by atoms with Crippen molar-refractivity contribution in [2.75, 3.05) is 6.61 Å². The molecule has 1 aliphatic rings. The van der Waals surface area contributed by atoms with E-state index in [1.165, 1.54) is 11.3 Å². The Balaban J connectivity index is 1.63. The van der Waals surface area contributed by atoms with Crippen LogP contribution in [0.3, 0.4) is 0 Å². The first-order chi connectivity index (χ1) is 10.7. The van der Waals surface area contributed by atoms with E-state index in [1.54, 1.807) is 11.4 Å². The second-order valence-corrected chi connectivity index (χ2v) is 6.13. The number of aromatic nitrogens is 1. The molecular weight excluding hydrogens is 324 g/mol. The van der Waals surface area contributed by atoms with Crippen molar-refractivity contribution in [3.63, 3.8) is 0 Å². The van der Waals surface area contributed by atoms with Crippen LogP contribution < -0.4 is 5.48 Å². The van der Waals surface area contributed by atoms with Crippen LogP contribution in [0.4, 0.5) is 0 Å². The Kier molecular flexibility index (Phi) is 5.04. The van der Waals surface area contributed by atoms with Crippen LogP contribution in [0.15, 0.2) is 29.6 Å². The van der Waals surface area contributed by atoms with Gasteiger partial charge in [0.1, 0.15) is 10.7 Å². The second kappa shape index (κ2) is 7.19. The number of nitrogens with one attached hydrogen (secondary N) is 1. The van der Waals surface area contributed by atoms with Crippen molar-refractivity contribution in [1.82, 2.24) is 10.5 Å². The van der Waals surface area contributed by atoms with Crippen LogP contribution in [-0.4, -0.2) is 23.8 Å². The summed E-state index contributed by atoms with van der Waals surface area (Å²) in [5.74, 6) is -0.385. The average molecular weight is 339 g/mol. The van der Waals surface area contributed by atoms with E-state index in [0.29, 0.717) is 22.3 Å². The van der Waals surface area contributed by atoms with Crippen molar-refractivity contribution >= 4 is 28.8 Å². The van der Waals surface area contributed by atoms with Gasteiger partial charge in [0.25, 0.3) is 5.91 Å². The van der Waals surface area contributed by atoms with Crippen molar-refractivity contribution < 1.29 is 14.4 Å². The molecule has 1 aromatic carbocycles. The standard InChI is InChI=1S/C15H15ClN2O3S/c16-11-6-2-1-5-10(11)15-17-12(9-22-15)14(19)18-21-13-7-3-4-8-20-13/h1-2,5-6,9,13H,3-4,7-8H2,(H,18,19)/t13-/m1/s1. The zero-order valence-corrected chi connectivity index (χ0v) is 13.3. The Bertz CT molecular complexity index is 656. The monoisotopic (exact) mass is 338 g/mol. The summed E-state index contributed by atoms with van der Waals surface area (Å²) in [6.07, 6.45) is 2.47. The molecule has 3 rings (SSSR count). The quantitative estimate of drug-likeness (QED) is 0.864. The predicted octanol–water partition coefficient (Wildman–Crippen LogP) is 3.65. The predicted molar refractivity (Wildman–Crippen MR) is 84.7 cm³/mol. The van der Waals surface area contributed by atoms with Gasteiger partial charge in [-0.2, -0.15) is 0 Å². The number of benzene rings is 1. The maximum absolute atomic E-state index is 12.0. The molecule has 2 aromatic rings. The van der Waals surface area contributed by atoms with E-state index in [0.717, 1.165) is 24.8 Å². The maximum atomic E-state index is 12.0. The van der Waals surface area contributed by atoms with Crippen molar-refractivity contribution in [2.45, 2.75) is 25.6 Å². The first kappa shape index (κ1) is 15.4. The molecule has 7 heteroatoms. The largest absolute Gasteiger partial charge is 0.350 e. The summed E-state index contributed by atoms with van der Waals surface area (Å²) in [7, 11) is 0. The third-order valence-corrected chi connectivity index (χ3v) is 4.47. The van der Waals surface area contributed by atoms with Gasteiger partial charge in [0, 0.05) is 24.0 Å². The SMILES string of the molecule is O=C(NO[C@@H]1CCCCO1)c1csc(-c2ccccc2Cl)n1. The number of rotatable bonds is 4. The molecule has 1 saturated heterocycles. The number of nitrogens with zero attached hydrogens (tertiary/aromatic N) is 1. The van der Waals surface area contributed by atoms with E-state index >= 15 is 0 Å². The number of carbonyl (C=O) groups excluding carboxylic acids is 1. The molecule has 0 aliphatic carbocycles. The minimum absolute atomic E-state index is 0.302. The average Bonchev–Trinajstić information content (AvgIpc) is 3.04. The fourth-order valence-corrected chi connectivity index (χ4v) is 3.23. The summed E-state index contributed by atoms with van der Waals surface area (Å²) >= 11 is 7.50. The topological polar surface area (TPSA) is 60.5 Å². The summed E-state index contributed by atoms with van der Waals surface area (Å²) in [5.41, 5.74) is 3.51. The molecule has 1 atom stereocenters. The van der Waals surface area contributed by atoms with Crippen LogP contribution in [0.1, 0.15) is 29.8 Å². The van der Waals surface area contributed by atoms with E-state index in [1.807, 2.05) is 18.2 Å². The van der Waals surface area contributed by atoms with Crippen molar-refractivity contribution in [3.05, 3.63) is 40.4 Å². The highest BCUT2D eigenvalue weighted by molar-refractivity contribution is 7.13.